The summed E-state index contributed by atoms with van der Waals surface area (Å²) in [6, 6.07) is 6.76. The SMILES string of the molecule is O=C(O)CCCCCCCCn1c(=O)n(C2CCC(=O)NC2=O)c2ccccc21. The van der Waals surface area contributed by atoms with E-state index in [9.17, 15) is 19.2 Å². The topological polar surface area (TPSA) is 110 Å². The molecule has 0 bridgehead atoms. The second kappa shape index (κ2) is 9.54. The summed E-state index contributed by atoms with van der Waals surface area (Å²) < 4.78 is 3.23. The number of carboxylic acid groups (broad SMARTS) is 1. The van der Waals surface area contributed by atoms with E-state index in [1.54, 1.807) is 4.57 Å². The lowest BCUT2D eigenvalue weighted by Gasteiger charge is -2.21. The molecule has 2 heterocycles. The Morgan fingerprint density at radius 2 is 1.66 bits per heavy atom. The van der Waals surface area contributed by atoms with E-state index in [0.717, 1.165) is 37.6 Å². The summed E-state index contributed by atoms with van der Waals surface area (Å²) in [4.78, 5) is 47.3. The van der Waals surface area contributed by atoms with Crippen LogP contribution in [0.3, 0.4) is 0 Å². The Balaban J connectivity index is 1.66. The Hall–Kier alpha value is -2.90. The maximum atomic E-state index is 13.1. The number of unbranched alkanes of at least 4 members (excludes halogenated alkanes) is 5. The third-order valence-corrected chi connectivity index (χ3v) is 5.41. The third kappa shape index (κ3) is 4.93. The number of carboxylic acids is 1. The number of amides is 2. The maximum Gasteiger partial charge on any atom is 0.329 e. The van der Waals surface area contributed by atoms with Gasteiger partial charge >= 0.3 is 11.7 Å². The molecule has 2 aromatic rings. The summed E-state index contributed by atoms with van der Waals surface area (Å²) in [5, 5.41) is 11.0. The number of carbonyl (C=O) groups excluding carboxylic acids is 2. The molecule has 29 heavy (non-hydrogen) atoms. The lowest BCUT2D eigenvalue weighted by molar-refractivity contribution is -0.137. The molecule has 2 N–H and O–H groups in total. The standard InChI is InChI=1S/C21H27N3O5/c25-18-13-12-17(20(28)22-18)24-16-10-7-6-9-15(16)23(21(24)29)14-8-4-2-1-3-5-11-19(26)27/h6-7,9-10,17H,1-5,8,11-14H2,(H,26,27)(H,22,25,28). The van der Waals surface area contributed by atoms with Crippen molar-refractivity contribution in [2.75, 3.05) is 0 Å². The van der Waals surface area contributed by atoms with Gasteiger partial charge in [-0.25, -0.2) is 4.79 Å². The predicted molar refractivity (Wildman–Crippen MR) is 108 cm³/mol. The number of imidazole rings is 1. The first-order chi connectivity index (χ1) is 14.0. The van der Waals surface area contributed by atoms with Crippen molar-refractivity contribution in [3.8, 4) is 0 Å². The van der Waals surface area contributed by atoms with Gasteiger partial charge in [0.05, 0.1) is 11.0 Å². The Labute approximate surface area is 168 Å². The molecule has 1 saturated heterocycles. The molecule has 8 heteroatoms. The number of benzene rings is 1. The molecule has 8 nitrogen and oxygen atoms in total. The quantitative estimate of drug-likeness (QED) is 0.470. The van der Waals surface area contributed by atoms with Gasteiger partial charge < -0.3 is 5.11 Å². The molecule has 1 fully saturated rings. The van der Waals surface area contributed by atoms with E-state index in [-0.39, 0.29) is 24.4 Å². The van der Waals surface area contributed by atoms with E-state index in [1.165, 1.54) is 4.57 Å². The maximum absolute atomic E-state index is 13.1. The number of imide groups is 1. The Kier molecular flexibility index (Phi) is 6.85. The zero-order valence-corrected chi connectivity index (χ0v) is 16.4. The number of nitrogens with zero attached hydrogens (tertiary/aromatic N) is 2. The number of carbonyl (C=O) groups is 3. The summed E-state index contributed by atoms with van der Waals surface area (Å²) in [6.07, 6.45) is 6.16. The van der Waals surface area contributed by atoms with Crippen LogP contribution in [-0.2, 0) is 20.9 Å². The van der Waals surface area contributed by atoms with Crippen molar-refractivity contribution < 1.29 is 19.5 Å². The average Bonchev–Trinajstić information content (AvgIpc) is 2.95. The fourth-order valence-corrected chi connectivity index (χ4v) is 3.93. The minimum atomic E-state index is -0.753. The Morgan fingerprint density at radius 3 is 2.34 bits per heavy atom. The van der Waals surface area contributed by atoms with Crippen LogP contribution in [0.5, 0.6) is 0 Å². The van der Waals surface area contributed by atoms with E-state index in [1.807, 2.05) is 24.3 Å². The van der Waals surface area contributed by atoms with Gasteiger partial charge in [0, 0.05) is 19.4 Å². The second-order valence-corrected chi connectivity index (χ2v) is 7.52. The normalized spacial score (nSPS) is 16.9. The fourth-order valence-electron chi connectivity index (χ4n) is 3.93. The zero-order valence-electron chi connectivity index (χ0n) is 16.4. The molecule has 1 unspecified atom stereocenters. The molecule has 3 rings (SSSR count). The van der Waals surface area contributed by atoms with Gasteiger partial charge in [0.2, 0.25) is 11.8 Å². The summed E-state index contributed by atoms with van der Waals surface area (Å²) in [6.45, 7) is 0.564. The first-order valence-corrected chi connectivity index (χ1v) is 10.2. The fraction of sp³-hybridized carbons (Fsp3) is 0.524. The molecule has 0 spiro atoms. The van der Waals surface area contributed by atoms with Crippen LogP contribution in [0.1, 0.15) is 63.8 Å². The summed E-state index contributed by atoms with van der Waals surface area (Å²) >= 11 is 0. The second-order valence-electron chi connectivity index (χ2n) is 7.52. The number of aromatic nitrogens is 2. The van der Waals surface area contributed by atoms with Crippen LogP contribution in [0.15, 0.2) is 29.1 Å². The highest BCUT2D eigenvalue weighted by Crippen LogP contribution is 2.23. The van der Waals surface area contributed by atoms with E-state index in [0.29, 0.717) is 24.9 Å². The van der Waals surface area contributed by atoms with Crippen molar-refractivity contribution in [3.05, 3.63) is 34.7 Å². The minimum Gasteiger partial charge on any atom is -0.481 e. The molecule has 0 aliphatic carbocycles. The van der Waals surface area contributed by atoms with Crippen molar-refractivity contribution in [1.82, 2.24) is 14.5 Å². The van der Waals surface area contributed by atoms with E-state index in [2.05, 4.69) is 5.32 Å². The molecule has 156 valence electrons. The van der Waals surface area contributed by atoms with Crippen molar-refractivity contribution in [1.29, 1.82) is 0 Å². The predicted octanol–water partition coefficient (Wildman–Crippen LogP) is 2.60. The van der Waals surface area contributed by atoms with Crippen LogP contribution >= 0.6 is 0 Å². The van der Waals surface area contributed by atoms with Crippen LogP contribution in [0, 0.1) is 0 Å². The van der Waals surface area contributed by atoms with Gasteiger partial charge in [-0.05, 0) is 31.4 Å². The Morgan fingerprint density at radius 1 is 1.00 bits per heavy atom. The lowest BCUT2D eigenvalue weighted by Crippen LogP contribution is -2.44. The van der Waals surface area contributed by atoms with E-state index < -0.39 is 17.9 Å². The van der Waals surface area contributed by atoms with Crippen molar-refractivity contribution >= 4 is 28.8 Å². The smallest absolute Gasteiger partial charge is 0.329 e. The van der Waals surface area contributed by atoms with E-state index >= 15 is 0 Å². The largest absolute Gasteiger partial charge is 0.481 e. The number of aliphatic carboxylic acids is 1. The van der Waals surface area contributed by atoms with Gasteiger partial charge in [0.15, 0.2) is 0 Å². The van der Waals surface area contributed by atoms with Crippen molar-refractivity contribution in [2.24, 2.45) is 0 Å². The number of piperidine rings is 1. The molecule has 1 aliphatic heterocycles. The summed E-state index contributed by atoms with van der Waals surface area (Å²) in [7, 11) is 0. The summed E-state index contributed by atoms with van der Waals surface area (Å²) in [5.41, 5.74) is 1.28. The first-order valence-electron chi connectivity index (χ1n) is 10.2. The molecular weight excluding hydrogens is 374 g/mol. The Bertz CT molecular complexity index is 959. The van der Waals surface area contributed by atoms with Gasteiger partial charge in [-0.15, -0.1) is 0 Å². The van der Waals surface area contributed by atoms with Crippen LogP contribution < -0.4 is 11.0 Å². The van der Waals surface area contributed by atoms with Gasteiger partial charge in [0.1, 0.15) is 6.04 Å². The molecular formula is C21H27N3O5. The molecule has 0 saturated carbocycles. The van der Waals surface area contributed by atoms with Gasteiger partial charge in [-0.2, -0.15) is 0 Å². The number of rotatable bonds is 10. The molecule has 2 amide bonds. The molecule has 1 aliphatic rings. The number of aryl methyl sites for hydroxylation is 1. The van der Waals surface area contributed by atoms with Crippen molar-refractivity contribution in [2.45, 2.75) is 70.4 Å². The van der Waals surface area contributed by atoms with Crippen LogP contribution in [0.25, 0.3) is 11.0 Å². The number of hydrogen-bond acceptors (Lipinski definition) is 4. The molecule has 0 radical (unpaired) electrons. The number of fused-ring (bicyclic) bond motifs is 1. The summed E-state index contributed by atoms with van der Waals surface area (Å²) in [5.74, 6) is -1.48. The van der Waals surface area contributed by atoms with Gasteiger partial charge in [-0.3, -0.25) is 28.8 Å². The minimum absolute atomic E-state index is 0.217. The first kappa shape index (κ1) is 20.8. The molecule has 1 aromatic carbocycles. The number of nitrogens with one attached hydrogen (secondary N) is 1. The van der Waals surface area contributed by atoms with Crippen LogP contribution in [0.4, 0.5) is 0 Å². The average molecular weight is 401 g/mol. The van der Waals surface area contributed by atoms with Crippen LogP contribution in [0.2, 0.25) is 0 Å². The monoisotopic (exact) mass is 401 g/mol. The highest BCUT2D eigenvalue weighted by Gasteiger charge is 2.31. The zero-order chi connectivity index (χ0) is 20.8. The molecule has 1 aromatic heterocycles. The third-order valence-electron chi connectivity index (χ3n) is 5.41. The number of hydrogen-bond donors (Lipinski definition) is 2. The highest BCUT2D eigenvalue weighted by molar-refractivity contribution is 6.00. The molecule has 1 atom stereocenters. The van der Waals surface area contributed by atoms with Gasteiger partial charge in [0.25, 0.3) is 0 Å². The van der Waals surface area contributed by atoms with Crippen LogP contribution in [-0.4, -0.2) is 32.0 Å². The highest BCUT2D eigenvalue weighted by atomic mass is 16.4. The van der Waals surface area contributed by atoms with Gasteiger partial charge in [-0.1, -0.05) is 37.8 Å². The van der Waals surface area contributed by atoms with E-state index in [4.69, 9.17) is 5.11 Å². The number of para-hydroxylation sites is 2. The lowest BCUT2D eigenvalue weighted by atomic mass is 10.1. The van der Waals surface area contributed by atoms with Crippen molar-refractivity contribution in [3.63, 3.8) is 0 Å².